The van der Waals surface area contributed by atoms with Crippen LogP contribution in [0.15, 0.2) is 47.1 Å². The Labute approximate surface area is 102 Å². The molecule has 0 amide bonds. The topological polar surface area (TPSA) is 12.9 Å². The lowest BCUT2D eigenvalue weighted by Crippen LogP contribution is -1.86. The Morgan fingerprint density at radius 3 is 2.75 bits per heavy atom. The quantitative estimate of drug-likeness (QED) is 0.550. The van der Waals surface area contributed by atoms with Crippen LogP contribution in [0.25, 0.3) is 21.7 Å². The first-order chi connectivity index (χ1) is 7.77. The molecule has 0 radical (unpaired) electrons. The first-order valence-electron chi connectivity index (χ1n) is 5.20. The normalized spacial score (nSPS) is 11.1. The van der Waals surface area contributed by atoms with Crippen molar-refractivity contribution in [3.63, 3.8) is 0 Å². The minimum absolute atomic E-state index is 1.06. The van der Waals surface area contributed by atoms with E-state index in [0.29, 0.717) is 0 Å². The summed E-state index contributed by atoms with van der Waals surface area (Å²) in [6, 6.07) is 12.5. The van der Waals surface area contributed by atoms with Crippen LogP contribution in [0.5, 0.6) is 0 Å². The highest BCUT2D eigenvalue weighted by atomic mass is 79.9. The fraction of sp³-hybridized carbons (Fsp3) is 0.0714. The van der Waals surface area contributed by atoms with Crippen molar-refractivity contribution in [2.24, 2.45) is 0 Å². The maximum absolute atomic E-state index is 4.49. The number of fused-ring (bicyclic) bond motifs is 3. The van der Waals surface area contributed by atoms with Crippen molar-refractivity contribution < 1.29 is 0 Å². The van der Waals surface area contributed by atoms with Gasteiger partial charge in [-0.15, -0.1) is 0 Å². The number of aryl methyl sites for hydroxylation is 1. The second-order valence-electron chi connectivity index (χ2n) is 3.91. The Morgan fingerprint density at radius 2 is 1.88 bits per heavy atom. The molecule has 0 N–H and O–H groups in total. The molecular weight excluding hydrogens is 262 g/mol. The molecule has 1 aromatic heterocycles. The van der Waals surface area contributed by atoms with E-state index in [1.54, 1.807) is 0 Å². The first kappa shape index (κ1) is 9.79. The van der Waals surface area contributed by atoms with Crippen LogP contribution >= 0.6 is 15.9 Å². The Morgan fingerprint density at radius 1 is 1.06 bits per heavy atom. The Hall–Kier alpha value is -1.41. The average Bonchev–Trinajstić information content (AvgIpc) is 2.33. The predicted molar refractivity (Wildman–Crippen MR) is 71.7 cm³/mol. The predicted octanol–water partition coefficient (Wildman–Crippen LogP) is 4.46. The maximum atomic E-state index is 4.49. The molecule has 0 aliphatic heterocycles. The maximum Gasteiger partial charge on any atom is 0.0711 e. The molecule has 0 saturated carbocycles. The van der Waals surface area contributed by atoms with E-state index < -0.39 is 0 Å². The van der Waals surface area contributed by atoms with Crippen molar-refractivity contribution in [2.45, 2.75) is 6.92 Å². The van der Waals surface area contributed by atoms with Gasteiger partial charge in [-0.1, -0.05) is 40.2 Å². The average molecular weight is 272 g/mol. The molecule has 0 spiro atoms. The van der Waals surface area contributed by atoms with Crippen LogP contribution in [0.1, 0.15) is 5.56 Å². The molecule has 16 heavy (non-hydrogen) atoms. The van der Waals surface area contributed by atoms with Crippen molar-refractivity contribution in [1.29, 1.82) is 0 Å². The third-order valence-electron chi connectivity index (χ3n) is 2.95. The highest BCUT2D eigenvalue weighted by Crippen LogP contribution is 2.30. The van der Waals surface area contributed by atoms with Crippen molar-refractivity contribution in [2.75, 3.05) is 0 Å². The molecule has 0 aliphatic rings. The van der Waals surface area contributed by atoms with Crippen LogP contribution in [0, 0.1) is 6.92 Å². The van der Waals surface area contributed by atoms with Crippen LogP contribution < -0.4 is 0 Å². The SMILES string of the molecule is Cc1c(Br)ccc2ncc3ccccc3c12. The zero-order valence-corrected chi connectivity index (χ0v) is 10.5. The van der Waals surface area contributed by atoms with E-state index in [1.165, 1.54) is 21.7 Å². The van der Waals surface area contributed by atoms with Crippen LogP contribution in [0.2, 0.25) is 0 Å². The highest BCUT2D eigenvalue weighted by Gasteiger charge is 2.06. The van der Waals surface area contributed by atoms with Crippen LogP contribution in [-0.2, 0) is 0 Å². The molecule has 0 unspecified atom stereocenters. The van der Waals surface area contributed by atoms with E-state index in [-0.39, 0.29) is 0 Å². The number of nitrogens with zero attached hydrogens (tertiary/aromatic N) is 1. The molecule has 2 aromatic carbocycles. The van der Waals surface area contributed by atoms with Crippen LogP contribution in [0.3, 0.4) is 0 Å². The summed E-state index contributed by atoms with van der Waals surface area (Å²) < 4.78 is 1.14. The summed E-state index contributed by atoms with van der Waals surface area (Å²) >= 11 is 3.57. The van der Waals surface area contributed by atoms with Gasteiger partial charge in [0.25, 0.3) is 0 Å². The van der Waals surface area contributed by atoms with E-state index >= 15 is 0 Å². The molecule has 1 nitrogen and oxygen atoms in total. The summed E-state index contributed by atoms with van der Waals surface area (Å²) in [7, 11) is 0. The van der Waals surface area contributed by atoms with E-state index in [0.717, 1.165) is 9.99 Å². The highest BCUT2D eigenvalue weighted by molar-refractivity contribution is 9.10. The molecular formula is C14H10BrN. The van der Waals surface area contributed by atoms with Crippen molar-refractivity contribution in [3.05, 3.63) is 52.6 Å². The second-order valence-corrected chi connectivity index (χ2v) is 4.77. The molecule has 2 heteroatoms. The molecule has 0 atom stereocenters. The number of hydrogen-bond acceptors (Lipinski definition) is 1. The fourth-order valence-electron chi connectivity index (χ4n) is 2.10. The number of aromatic nitrogens is 1. The van der Waals surface area contributed by atoms with E-state index in [9.17, 15) is 0 Å². The summed E-state index contributed by atoms with van der Waals surface area (Å²) in [5, 5.41) is 3.70. The number of hydrogen-bond donors (Lipinski definition) is 0. The Kier molecular flexibility index (Phi) is 2.18. The number of rotatable bonds is 0. The van der Waals surface area contributed by atoms with E-state index in [1.807, 2.05) is 12.3 Å². The lowest BCUT2D eigenvalue weighted by Gasteiger charge is -2.07. The number of pyridine rings is 1. The Bertz CT molecular complexity index is 689. The van der Waals surface area contributed by atoms with Gasteiger partial charge in [-0.05, 0) is 30.0 Å². The molecule has 1 heterocycles. The summed E-state index contributed by atoms with van der Waals surface area (Å²) in [5.41, 5.74) is 2.31. The van der Waals surface area contributed by atoms with Gasteiger partial charge in [-0.3, -0.25) is 4.98 Å². The number of halogens is 1. The second kappa shape index (κ2) is 3.56. The smallest absolute Gasteiger partial charge is 0.0711 e. The molecule has 0 saturated heterocycles. The van der Waals surface area contributed by atoms with E-state index in [2.05, 4.69) is 58.2 Å². The van der Waals surface area contributed by atoms with Gasteiger partial charge in [0.1, 0.15) is 0 Å². The van der Waals surface area contributed by atoms with Gasteiger partial charge in [0, 0.05) is 21.4 Å². The zero-order valence-electron chi connectivity index (χ0n) is 8.87. The molecule has 3 rings (SSSR count). The lowest BCUT2D eigenvalue weighted by molar-refractivity contribution is 1.41. The van der Waals surface area contributed by atoms with Gasteiger partial charge < -0.3 is 0 Å². The minimum atomic E-state index is 1.06. The van der Waals surface area contributed by atoms with Crippen LogP contribution in [-0.4, -0.2) is 4.98 Å². The van der Waals surface area contributed by atoms with Crippen LogP contribution in [0.4, 0.5) is 0 Å². The molecule has 78 valence electrons. The zero-order chi connectivity index (χ0) is 11.1. The fourth-order valence-corrected chi connectivity index (χ4v) is 2.43. The first-order valence-corrected chi connectivity index (χ1v) is 5.99. The van der Waals surface area contributed by atoms with Gasteiger partial charge in [-0.25, -0.2) is 0 Å². The van der Waals surface area contributed by atoms with Gasteiger partial charge in [0.15, 0.2) is 0 Å². The van der Waals surface area contributed by atoms with Gasteiger partial charge in [0.05, 0.1) is 5.52 Å². The van der Waals surface area contributed by atoms with Crippen molar-refractivity contribution >= 4 is 37.6 Å². The molecule has 0 fully saturated rings. The Balaban J connectivity index is 2.63. The van der Waals surface area contributed by atoms with Gasteiger partial charge >= 0.3 is 0 Å². The van der Waals surface area contributed by atoms with E-state index in [4.69, 9.17) is 0 Å². The number of benzene rings is 2. The van der Waals surface area contributed by atoms with Gasteiger partial charge in [-0.2, -0.15) is 0 Å². The van der Waals surface area contributed by atoms with Crippen molar-refractivity contribution in [1.82, 2.24) is 4.98 Å². The standard InChI is InChI=1S/C14H10BrN/c1-9-12(15)6-7-13-14(9)11-5-3-2-4-10(11)8-16-13/h2-8H,1H3. The summed E-state index contributed by atoms with van der Waals surface area (Å²) in [4.78, 5) is 4.49. The third kappa shape index (κ3) is 1.34. The lowest BCUT2D eigenvalue weighted by atomic mass is 10.0. The molecule has 3 aromatic rings. The minimum Gasteiger partial charge on any atom is -0.256 e. The molecule has 0 aliphatic carbocycles. The third-order valence-corrected chi connectivity index (χ3v) is 3.81. The van der Waals surface area contributed by atoms with Gasteiger partial charge in [0.2, 0.25) is 0 Å². The molecule has 0 bridgehead atoms. The monoisotopic (exact) mass is 271 g/mol. The summed E-state index contributed by atoms with van der Waals surface area (Å²) in [6.45, 7) is 2.13. The summed E-state index contributed by atoms with van der Waals surface area (Å²) in [6.07, 6.45) is 1.94. The summed E-state index contributed by atoms with van der Waals surface area (Å²) in [5.74, 6) is 0. The largest absolute Gasteiger partial charge is 0.256 e. The van der Waals surface area contributed by atoms with Crippen molar-refractivity contribution in [3.8, 4) is 0 Å².